The Kier molecular flexibility index (Phi) is 1.91. The lowest BCUT2D eigenvalue weighted by Crippen LogP contribution is -1.89. The Hall–Kier alpha value is -1.53. The summed E-state index contributed by atoms with van der Waals surface area (Å²) in [6.45, 7) is 4.30. The molecular weight excluding hydrogens is 162 g/mol. The van der Waals surface area contributed by atoms with E-state index in [1.807, 2.05) is 12.1 Å². The van der Waals surface area contributed by atoms with Crippen LogP contribution in [0.4, 0.5) is 5.88 Å². The summed E-state index contributed by atoms with van der Waals surface area (Å²) < 4.78 is 5.17. The molecule has 13 heavy (non-hydrogen) atoms. The first kappa shape index (κ1) is 8.09. The molecule has 2 heterocycles. The zero-order valence-electron chi connectivity index (χ0n) is 7.74. The molecule has 0 amide bonds. The standard InChI is InChI=1S/C11H11NO/c1-8(2)9-3-5-12-11-10(7-9)4-6-13-11/h3-4,6-8H,1-2H3. The van der Waals surface area contributed by atoms with Crippen LogP contribution in [0.5, 0.6) is 0 Å². The van der Waals surface area contributed by atoms with Crippen molar-refractivity contribution in [1.29, 1.82) is 0 Å². The van der Waals surface area contributed by atoms with E-state index in [1.165, 1.54) is 5.57 Å². The zero-order chi connectivity index (χ0) is 9.26. The fourth-order valence-corrected chi connectivity index (χ4v) is 1.23. The van der Waals surface area contributed by atoms with Crippen molar-refractivity contribution in [3.05, 3.63) is 29.5 Å². The molecule has 1 aliphatic rings. The lowest BCUT2D eigenvalue weighted by Gasteiger charge is -2.02. The van der Waals surface area contributed by atoms with Gasteiger partial charge >= 0.3 is 0 Å². The van der Waals surface area contributed by atoms with Gasteiger partial charge in [0.15, 0.2) is 0 Å². The lowest BCUT2D eigenvalue weighted by atomic mass is 10.0. The maximum absolute atomic E-state index is 5.17. The van der Waals surface area contributed by atoms with Gasteiger partial charge in [-0.05, 0) is 29.5 Å². The van der Waals surface area contributed by atoms with Crippen LogP contribution in [0.2, 0.25) is 0 Å². The summed E-state index contributed by atoms with van der Waals surface area (Å²) in [5.74, 6) is 3.99. The first-order valence-corrected chi connectivity index (χ1v) is 4.36. The molecule has 0 saturated carbocycles. The Morgan fingerprint density at radius 1 is 1.46 bits per heavy atom. The molecule has 0 aromatic carbocycles. The molecule has 2 nitrogen and oxygen atoms in total. The summed E-state index contributed by atoms with van der Waals surface area (Å²) in [6, 6.07) is 1.92. The van der Waals surface area contributed by atoms with Gasteiger partial charge in [0.05, 0.1) is 6.26 Å². The molecule has 2 heteroatoms. The Bertz CT molecular complexity index is 403. The molecule has 0 aliphatic carbocycles. The number of fused-ring (bicyclic) bond motifs is 1. The highest BCUT2D eigenvalue weighted by Gasteiger charge is 2.07. The molecule has 2 rings (SSSR count). The van der Waals surface area contributed by atoms with Crippen molar-refractivity contribution in [2.24, 2.45) is 10.9 Å². The minimum absolute atomic E-state index is 0.489. The second-order valence-electron chi connectivity index (χ2n) is 3.37. The molecule has 0 atom stereocenters. The highest BCUT2D eigenvalue weighted by Crippen LogP contribution is 2.26. The number of hydrogen-bond donors (Lipinski definition) is 0. The van der Waals surface area contributed by atoms with Crippen LogP contribution in [0, 0.1) is 5.92 Å². The topological polar surface area (TPSA) is 25.5 Å². The highest BCUT2D eigenvalue weighted by atomic mass is 16.3. The number of nitrogens with zero attached hydrogens (tertiary/aromatic N) is 1. The van der Waals surface area contributed by atoms with Crippen LogP contribution in [-0.4, -0.2) is 5.87 Å². The Morgan fingerprint density at radius 2 is 2.31 bits per heavy atom. The van der Waals surface area contributed by atoms with Crippen LogP contribution in [-0.2, 0) is 0 Å². The third-order valence-electron chi connectivity index (χ3n) is 2.06. The summed E-state index contributed by atoms with van der Waals surface area (Å²) in [7, 11) is 0. The fraction of sp³-hybridized carbons (Fsp3) is 0.273. The highest BCUT2D eigenvalue weighted by molar-refractivity contribution is 5.74. The van der Waals surface area contributed by atoms with Crippen molar-refractivity contribution in [1.82, 2.24) is 0 Å². The first-order chi connectivity index (χ1) is 6.27. The van der Waals surface area contributed by atoms with Crippen molar-refractivity contribution in [3.63, 3.8) is 0 Å². The van der Waals surface area contributed by atoms with Crippen LogP contribution in [0.1, 0.15) is 19.4 Å². The van der Waals surface area contributed by atoms with Gasteiger partial charge in [-0.15, -0.1) is 0 Å². The van der Waals surface area contributed by atoms with Crippen LogP contribution < -0.4 is 0 Å². The third kappa shape index (κ3) is 1.49. The van der Waals surface area contributed by atoms with Gasteiger partial charge in [-0.25, -0.2) is 0 Å². The van der Waals surface area contributed by atoms with E-state index in [2.05, 4.69) is 30.8 Å². The smallest absolute Gasteiger partial charge is 0.234 e. The molecule has 0 N–H and O–H groups in total. The van der Waals surface area contributed by atoms with Crippen LogP contribution in [0.3, 0.4) is 0 Å². The van der Waals surface area contributed by atoms with Gasteiger partial charge in [-0.1, -0.05) is 13.8 Å². The summed E-state index contributed by atoms with van der Waals surface area (Å²) >= 11 is 0. The quantitative estimate of drug-likeness (QED) is 0.640. The zero-order valence-corrected chi connectivity index (χ0v) is 7.74. The monoisotopic (exact) mass is 173 g/mol. The molecule has 0 unspecified atom stereocenters. The van der Waals surface area contributed by atoms with Gasteiger partial charge < -0.3 is 4.42 Å². The van der Waals surface area contributed by atoms with E-state index in [1.54, 1.807) is 6.26 Å². The van der Waals surface area contributed by atoms with E-state index in [9.17, 15) is 0 Å². The van der Waals surface area contributed by atoms with E-state index < -0.39 is 0 Å². The Balaban J connectivity index is 2.52. The van der Waals surface area contributed by atoms with Crippen molar-refractivity contribution >= 4 is 17.8 Å². The Morgan fingerprint density at radius 3 is 3.08 bits per heavy atom. The van der Waals surface area contributed by atoms with Gasteiger partial charge in [0.25, 0.3) is 0 Å². The summed E-state index contributed by atoms with van der Waals surface area (Å²) in [5, 5.41) is 0. The van der Waals surface area contributed by atoms with Crippen molar-refractivity contribution in [3.8, 4) is 0 Å². The molecule has 0 fully saturated rings. The van der Waals surface area contributed by atoms with E-state index in [0.29, 0.717) is 11.8 Å². The van der Waals surface area contributed by atoms with Crippen LogP contribution in [0.25, 0.3) is 6.08 Å². The minimum atomic E-state index is 0.489. The van der Waals surface area contributed by atoms with Gasteiger partial charge in [-0.2, -0.15) is 4.99 Å². The third-order valence-corrected chi connectivity index (χ3v) is 2.06. The number of aliphatic imine (C=N–C) groups is 1. The molecule has 1 aromatic rings. The molecule has 0 spiro atoms. The van der Waals surface area contributed by atoms with E-state index in [-0.39, 0.29) is 0 Å². The van der Waals surface area contributed by atoms with Gasteiger partial charge in [0, 0.05) is 11.6 Å². The number of hydrogen-bond acceptors (Lipinski definition) is 2. The normalized spacial score (nSPS) is 14.2. The minimum Gasteiger partial charge on any atom is -0.446 e. The van der Waals surface area contributed by atoms with E-state index in [4.69, 9.17) is 4.42 Å². The molecule has 0 radical (unpaired) electrons. The molecular formula is C11H11NO. The number of rotatable bonds is 1. The molecule has 1 aliphatic heterocycles. The van der Waals surface area contributed by atoms with Gasteiger partial charge in [0.2, 0.25) is 5.88 Å². The maximum Gasteiger partial charge on any atom is 0.234 e. The average Bonchev–Trinajstić information content (AvgIpc) is 2.42. The van der Waals surface area contributed by atoms with Crippen LogP contribution >= 0.6 is 0 Å². The number of furan rings is 1. The summed E-state index contributed by atoms with van der Waals surface area (Å²) in [6.07, 6.45) is 5.64. The van der Waals surface area contributed by atoms with E-state index in [0.717, 1.165) is 5.56 Å². The predicted octanol–water partition coefficient (Wildman–Crippen LogP) is 3.19. The second kappa shape index (κ2) is 3.08. The maximum atomic E-state index is 5.17. The van der Waals surface area contributed by atoms with E-state index >= 15 is 0 Å². The van der Waals surface area contributed by atoms with Crippen molar-refractivity contribution in [2.75, 3.05) is 0 Å². The van der Waals surface area contributed by atoms with Crippen molar-refractivity contribution < 1.29 is 4.42 Å². The average molecular weight is 173 g/mol. The second-order valence-corrected chi connectivity index (χ2v) is 3.37. The molecule has 66 valence electrons. The van der Waals surface area contributed by atoms with Crippen LogP contribution in [0.15, 0.2) is 33.4 Å². The molecule has 0 bridgehead atoms. The lowest BCUT2D eigenvalue weighted by molar-refractivity contribution is 0.578. The predicted molar refractivity (Wildman–Crippen MR) is 53.2 cm³/mol. The fourth-order valence-electron chi connectivity index (χ4n) is 1.23. The first-order valence-electron chi connectivity index (χ1n) is 4.36. The molecule has 0 saturated heterocycles. The number of allylic oxidation sites excluding steroid dienone is 2. The summed E-state index contributed by atoms with van der Waals surface area (Å²) in [4.78, 5) is 4.06. The van der Waals surface area contributed by atoms with Gasteiger partial charge in [-0.3, -0.25) is 0 Å². The molecule has 1 aromatic heterocycles. The van der Waals surface area contributed by atoms with Crippen molar-refractivity contribution in [2.45, 2.75) is 13.8 Å². The SMILES string of the molecule is CC(C)C1=Cc2ccoc2N=C=C1. The largest absolute Gasteiger partial charge is 0.446 e. The summed E-state index contributed by atoms with van der Waals surface area (Å²) in [5.41, 5.74) is 2.26. The van der Waals surface area contributed by atoms with Gasteiger partial charge in [0.1, 0.15) is 0 Å². The Labute approximate surface area is 77.3 Å².